The summed E-state index contributed by atoms with van der Waals surface area (Å²) < 4.78 is 7.33. The van der Waals surface area contributed by atoms with E-state index in [0.29, 0.717) is 24.1 Å². The lowest BCUT2D eigenvalue weighted by Gasteiger charge is -2.06. The molecule has 0 saturated carbocycles. The number of nitrogens with zero attached hydrogens (tertiary/aromatic N) is 2. The average molecular weight is 283 g/mol. The summed E-state index contributed by atoms with van der Waals surface area (Å²) in [7, 11) is 1.61. The highest BCUT2D eigenvalue weighted by atomic mass is 79.9. The highest BCUT2D eigenvalue weighted by Crippen LogP contribution is 2.18. The van der Waals surface area contributed by atoms with Gasteiger partial charge in [-0.15, -0.1) is 0 Å². The molecule has 0 aliphatic carbocycles. The third-order valence-corrected chi connectivity index (χ3v) is 2.98. The van der Waals surface area contributed by atoms with Crippen LogP contribution in [0.4, 0.5) is 0 Å². The first-order valence-corrected chi connectivity index (χ1v) is 5.66. The van der Waals surface area contributed by atoms with Gasteiger partial charge in [-0.05, 0) is 28.1 Å². The number of benzene rings is 1. The van der Waals surface area contributed by atoms with E-state index in [1.807, 2.05) is 12.1 Å². The Morgan fingerprint density at radius 3 is 3.06 bits per heavy atom. The predicted octanol–water partition coefficient (Wildman–Crippen LogP) is 1.81. The van der Waals surface area contributed by atoms with Crippen LogP contribution in [-0.4, -0.2) is 23.3 Å². The first-order valence-electron chi connectivity index (χ1n) is 4.86. The molecule has 2 aromatic rings. The van der Waals surface area contributed by atoms with Crippen LogP contribution in [0, 0.1) is 0 Å². The fourth-order valence-electron chi connectivity index (χ4n) is 1.50. The van der Waals surface area contributed by atoms with Crippen LogP contribution < -0.4 is 5.56 Å². The predicted molar refractivity (Wildman–Crippen MR) is 65.6 cm³/mol. The van der Waals surface area contributed by atoms with Gasteiger partial charge < -0.3 is 4.74 Å². The number of halogens is 1. The molecule has 0 aliphatic rings. The van der Waals surface area contributed by atoms with Crippen molar-refractivity contribution in [3.05, 3.63) is 39.4 Å². The second-order valence-corrected chi connectivity index (χ2v) is 4.23. The maximum atomic E-state index is 12.0. The molecular weight excluding hydrogens is 272 g/mol. The van der Waals surface area contributed by atoms with Crippen LogP contribution in [0.2, 0.25) is 0 Å². The van der Waals surface area contributed by atoms with E-state index in [0.717, 1.165) is 4.47 Å². The lowest BCUT2D eigenvalue weighted by molar-refractivity contribution is 0.186. The third-order valence-electron chi connectivity index (χ3n) is 2.34. The zero-order chi connectivity index (χ0) is 11.5. The summed E-state index contributed by atoms with van der Waals surface area (Å²) in [6.07, 6.45) is 1.55. The Balaban J connectivity index is 2.57. The zero-order valence-corrected chi connectivity index (χ0v) is 10.4. The largest absolute Gasteiger partial charge is 0.383 e. The molecule has 0 unspecified atom stereocenters. The van der Waals surface area contributed by atoms with Crippen molar-refractivity contribution < 1.29 is 4.74 Å². The van der Waals surface area contributed by atoms with E-state index in [4.69, 9.17) is 4.74 Å². The van der Waals surface area contributed by atoms with Crippen LogP contribution in [0.3, 0.4) is 0 Å². The average Bonchev–Trinajstić information content (AvgIpc) is 2.29. The van der Waals surface area contributed by atoms with E-state index in [1.54, 1.807) is 24.1 Å². The number of rotatable bonds is 3. The summed E-state index contributed by atoms with van der Waals surface area (Å²) >= 11 is 3.37. The molecule has 1 aromatic heterocycles. The Hall–Kier alpha value is -1.20. The maximum Gasteiger partial charge on any atom is 0.261 e. The molecule has 0 saturated heterocycles. The maximum absolute atomic E-state index is 12.0. The van der Waals surface area contributed by atoms with Gasteiger partial charge in [0.1, 0.15) is 0 Å². The SMILES string of the molecule is COCCn1cnc2c(Br)cccc2c1=O. The van der Waals surface area contributed by atoms with E-state index in [2.05, 4.69) is 20.9 Å². The summed E-state index contributed by atoms with van der Waals surface area (Å²) in [5.74, 6) is 0. The van der Waals surface area contributed by atoms with E-state index >= 15 is 0 Å². The van der Waals surface area contributed by atoms with Crippen LogP contribution in [0.15, 0.2) is 33.8 Å². The molecular formula is C11H11BrN2O2. The molecule has 5 heteroatoms. The first kappa shape index (κ1) is 11.3. The van der Waals surface area contributed by atoms with Crippen molar-refractivity contribution >= 4 is 26.8 Å². The van der Waals surface area contributed by atoms with Gasteiger partial charge in [-0.3, -0.25) is 9.36 Å². The summed E-state index contributed by atoms with van der Waals surface area (Å²) in [5, 5.41) is 0.618. The Labute approximate surface area is 101 Å². The molecule has 1 heterocycles. The molecule has 84 valence electrons. The number of aromatic nitrogens is 2. The number of ether oxygens (including phenoxy) is 1. The molecule has 16 heavy (non-hydrogen) atoms. The monoisotopic (exact) mass is 282 g/mol. The normalized spacial score (nSPS) is 10.9. The van der Waals surface area contributed by atoms with Crippen molar-refractivity contribution in [2.75, 3.05) is 13.7 Å². The molecule has 0 fully saturated rings. The molecule has 2 rings (SSSR count). The Kier molecular flexibility index (Phi) is 3.36. The molecule has 0 bridgehead atoms. The Morgan fingerprint density at radius 2 is 2.31 bits per heavy atom. The van der Waals surface area contributed by atoms with Crippen molar-refractivity contribution in [1.82, 2.24) is 9.55 Å². The van der Waals surface area contributed by atoms with Crippen molar-refractivity contribution in [2.45, 2.75) is 6.54 Å². The molecule has 0 N–H and O–H groups in total. The number of hydrogen-bond donors (Lipinski definition) is 0. The van der Waals surface area contributed by atoms with Crippen LogP contribution in [0.1, 0.15) is 0 Å². The van der Waals surface area contributed by atoms with Gasteiger partial charge in [0.2, 0.25) is 0 Å². The van der Waals surface area contributed by atoms with Crippen molar-refractivity contribution in [1.29, 1.82) is 0 Å². The second-order valence-electron chi connectivity index (χ2n) is 3.37. The van der Waals surface area contributed by atoms with Gasteiger partial charge in [-0.1, -0.05) is 6.07 Å². The molecule has 4 nitrogen and oxygen atoms in total. The fraction of sp³-hybridized carbons (Fsp3) is 0.273. The number of methoxy groups -OCH3 is 1. The standard InChI is InChI=1S/C11H11BrN2O2/c1-16-6-5-14-7-13-10-8(11(14)15)3-2-4-9(10)12/h2-4,7H,5-6H2,1H3. The lowest BCUT2D eigenvalue weighted by Crippen LogP contribution is -2.22. The summed E-state index contributed by atoms with van der Waals surface area (Å²) in [5.41, 5.74) is 0.657. The third kappa shape index (κ3) is 2.01. The van der Waals surface area contributed by atoms with Crippen molar-refractivity contribution in [3.8, 4) is 0 Å². The number of hydrogen-bond acceptors (Lipinski definition) is 3. The van der Waals surface area contributed by atoms with Gasteiger partial charge in [0.15, 0.2) is 0 Å². The van der Waals surface area contributed by atoms with Gasteiger partial charge in [0, 0.05) is 11.6 Å². The Morgan fingerprint density at radius 1 is 1.50 bits per heavy atom. The van der Waals surface area contributed by atoms with E-state index in [9.17, 15) is 4.79 Å². The van der Waals surface area contributed by atoms with Gasteiger partial charge in [-0.2, -0.15) is 0 Å². The highest BCUT2D eigenvalue weighted by Gasteiger charge is 2.05. The highest BCUT2D eigenvalue weighted by molar-refractivity contribution is 9.10. The molecule has 0 spiro atoms. The van der Waals surface area contributed by atoms with Crippen LogP contribution in [-0.2, 0) is 11.3 Å². The fourth-order valence-corrected chi connectivity index (χ4v) is 1.97. The van der Waals surface area contributed by atoms with Gasteiger partial charge in [0.25, 0.3) is 5.56 Å². The minimum absolute atomic E-state index is 0.0386. The van der Waals surface area contributed by atoms with E-state index < -0.39 is 0 Å². The number of fused-ring (bicyclic) bond motifs is 1. The molecule has 0 aliphatic heterocycles. The minimum atomic E-state index is -0.0386. The summed E-state index contributed by atoms with van der Waals surface area (Å²) in [6.45, 7) is 1.02. The van der Waals surface area contributed by atoms with Crippen LogP contribution in [0.25, 0.3) is 10.9 Å². The summed E-state index contributed by atoms with van der Waals surface area (Å²) in [4.78, 5) is 16.3. The van der Waals surface area contributed by atoms with Crippen LogP contribution in [0.5, 0.6) is 0 Å². The number of para-hydroxylation sites is 1. The lowest BCUT2D eigenvalue weighted by atomic mass is 10.2. The zero-order valence-electron chi connectivity index (χ0n) is 8.81. The van der Waals surface area contributed by atoms with E-state index in [1.165, 1.54) is 0 Å². The van der Waals surface area contributed by atoms with E-state index in [-0.39, 0.29) is 5.56 Å². The molecule has 0 radical (unpaired) electrons. The van der Waals surface area contributed by atoms with Gasteiger partial charge >= 0.3 is 0 Å². The van der Waals surface area contributed by atoms with Crippen molar-refractivity contribution in [3.63, 3.8) is 0 Å². The molecule has 1 aromatic carbocycles. The first-order chi connectivity index (χ1) is 7.74. The second kappa shape index (κ2) is 4.76. The van der Waals surface area contributed by atoms with Crippen molar-refractivity contribution in [2.24, 2.45) is 0 Å². The smallest absolute Gasteiger partial charge is 0.261 e. The minimum Gasteiger partial charge on any atom is -0.383 e. The topological polar surface area (TPSA) is 44.1 Å². The summed E-state index contributed by atoms with van der Waals surface area (Å²) in [6, 6.07) is 5.48. The Bertz CT molecular complexity index is 565. The van der Waals surface area contributed by atoms with Crippen LogP contribution >= 0.6 is 15.9 Å². The molecule has 0 atom stereocenters. The quantitative estimate of drug-likeness (QED) is 0.862. The van der Waals surface area contributed by atoms with Gasteiger partial charge in [-0.25, -0.2) is 4.98 Å². The molecule has 0 amide bonds. The van der Waals surface area contributed by atoms with Gasteiger partial charge in [0.05, 0.1) is 30.4 Å².